The quantitative estimate of drug-likeness (QED) is 0.780. The number of hydrogen-bond donors (Lipinski definition) is 1. The van der Waals surface area contributed by atoms with E-state index in [-0.39, 0.29) is 37.4 Å². The maximum absolute atomic E-state index is 12.0. The number of amides is 4. The molecule has 2 aliphatic rings. The molecule has 2 fully saturated rings. The third kappa shape index (κ3) is 4.33. The van der Waals surface area contributed by atoms with Crippen molar-refractivity contribution < 1.29 is 14.4 Å². The molecule has 4 amide bonds. The van der Waals surface area contributed by atoms with Crippen molar-refractivity contribution in [2.45, 2.75) is 50.9 Å². The summed E-state index contributed by atoms with van der Waals surface area (Å²) in [5, 5.41) is 12.6. The highest BCUT2D eigenvalue weighted by Crippen LogP contribution is 2.35. The normalized spacial score (nSPS) is 18.9. The number of nitrogens with zero attached hydrogens (tertiary/aromatic N) is 4. The van der Waals surface area contributed by atoms with Crippen LogP contribution < -0.4 is 5.32 Å². The van der Waals surface area contributed by atoms with Crippen LogP contribution >= 0.6 is 11.3 Å². The van der Waals surface area contributed by atoms with E-state index < -0.39 is 0 Å². The van der Waals surface area contributed by atoms with E-state index in [1.54, 1.807) is 7.05 Å². The number of imide groups is 1. The molecule has 8 nitrogen and oxygen atoms in total. The molecule has 1 aromatic rings. The van der Waals surface area contributed by atoms with Crippen LogP contribution in [0.2, 0.25) is 0 Å². The Balaban J connectivity index is 1.43. The Morgan fingerprint density at radius 2 is 2.00 bits per heavy atom. The lowest BCUT2D eigenvalue weighted by Crippen LogP contribution is -2.32. The average Bonchev–Trinajstić information content (AvgIpc) is 3.15. The van der Waals surface area contributed by atoms with Gasteiger partial charge in [0, 0.05) is 25.9 Å². The molecule has 1 aromatic heterocycles. The monoisotopic (exact) mass is 365 g/mol. The Labute approximate surface area is 150 Å². The zero-order chi connectivity index (χ0) is 17.8. The van der Waals surface area contributed by atoms with Gasteiger partial charge < -0.3 is 10.2 Å². The van der Waals surface area contributed by atoms with Crippen molar-refractivity contribution in [2.75, 3.05) is 25.5 Å². The predicted molar refractivity (Wildman–Crippen MR) is 93.3 cm³/mol. The molecule has 9 heteroatoms. The van der Waals surface area contributed by atoms with Crippen LogP contribution in [0, 0.1) is 0 Å². The summed E-state index contributed by atoms with van der Waals surface area (Å²) < 4.78 is 0. The number of aromatic nitrogens is 2. The van der Waals surface area contributed by atoms with Gasteiger partial charge in [-0.25, -0.2) is 4.79 Å². The minimum absolute atomic E-state index is 0.111. The summed E-state index contributed by atoms with van der Waals surface area (Å²) in [6.45, 7) is 0.374. The van der Waals surface area contributed by atoms with Crippen molar-refractivity contribution in [1.29, 1.82) is 0 Å². The van der Waals surface area contributed by atoms with Crippen LogP contribution in [0.4, 0.5) is 9.93 Å². The lowest BCUT2D eigenvalue weighted by molar-refractivity contribution is -0.125. The second-order valence-corrected chi connectivity index (χ2v) is 7.63. The van der Waals surface area contributed by atoms with Crippen LogP contribution in [0.15, 0.2) is 0 Å². The molecule has 1 N–H and O–H groups in total. The van der Waals surface area contributed by atoms with Gasteiger partial charge in [-0.2, -0.15) is 0 Å². The molecule has 1 saturated heterocycles. The van der Waals surface area contributed by atoms with Gasteiger partial charge in [0.2, 0.25) is 16.9 Å². The van der Waals surface area contributed by atoms with E-state index in [0.717, 1.165) is 17.8 Å². The zero-order valence-electron chi connectivity index (χ0n) is 14.4. The Morgan fingerprint density at radius 3 is 2.68 bits per heavy atom. The van der Waals surface area contributed by atoms with Crippen molar-refractivity contribution in [3.8, 4) is 0 Å². The van der Waals surface area contributed by atoms with E-state index in [4.69, 9.17) is 0 Å². The van der Waals surface area contributed by atoms with Crippen LogP contribution in [0.1, 0.15) is 55.9 Å². The fourth-order valence-electron chi connectivity index (χ4n) is 3.27. The van der Waals surface area contributed by atoms with E-state index in [0.29, 0.717) is 17.5 Å². The van der Waals surface area contributed by atoms with Crippen LogP contribution in [-0.4, -0.2) is 58.0 Å². The first-order valence-corrected chi connectivity index (χ1v) is 9.55. The highest BCUT2D eigenvalue weighted by molar-refractivity contribution is 7.15. The molecule has 0 aromatic carbocycles. The first-order valence-electron chi connectivity index (χ1n) is 8.73. The van der Waals surface area contributed by atoms with Crippen molar-refractivity contribution in [1.82, 2.24) is 20.0 Å². The zero-order valence-corrected chi connectivity index (χ0v) is 15.2. The first kappa shape index (κ1) is 17.8. The standard InChI is InChI=1S/C16H23N5O3S/c1-20-10-13(23)21(16(20)24)9-5-8-12(22)17-15-19-18-14(25-15)11-6-3-2-4-7-11/h11H,2-10H2,1H3,(H,17,19,22). The summed E-state index contributed by atoms with van der Waals surface area (Å²) >= 11 is 1.45. The number of carbonyl (C=O) groups is 3. The number of carbonyl (C=O) groups excluding carboxylic acids is 3. The van der Waals surface area contributed by atoms with Gasteiger partial charge in [0.1, 0.15) is 11.6 Å². The van der Waals surface area contributed by atoms with Gasteiger partial charge in [-0.1, -0.05) is 30.6 Å². The molecule has 0 atom stereocenters. The molecular weight excluding hydrogens is 342 g/mol. The number of anilines is 1. The third-order valence-electron chi connectivity index (χ3n) is 4.66. The Kier molecular flexibility index (Phi) is 5.62. The summed E-state index contributed by atoms with van der Waals surface area (Å²) in [6.07, 6.45) is 6.72. The van der Waals surface area contributed by atoms with Crippen molar-refractivity contribution in [2.24, 2.45) is 0 Å². The number of rotatable bonds is 6. The molecule has 1 aliphatic heterocycles. The molecule has 0 unspecified atom stereocenters. The maximum Gasteiger partial charge on any atom is 0.326 e. The Morgan fingerprint density at radius 1 is 1.24 bits per heavy atom. The lowest BCUT2D eigenvalue weighted by atomic mass is 9.90. The smallest absolute Gasteiger partial charge is 0.318 e. The Hall–Kier alpha value is -2.03. The molecule has 0 bridgehead atoms. The topological polar surface area (TPSA) is 95.5 Å². The number of urea groups is 1. The van der Waals surface area contributed by atoms with Gasteiger partial charge in [-0.15, -0.1) is 10.2 Å². The second kappa shape index (κ2) is 7.90. The van der Waals surface area contributed by atoms with E-state index in [1.807, 2.05) is 0 Å². The minimum atomic E-state index is -0.299. The third-order valence-corrected chi connectivity index (χ3v) is 5.66. The molecule has 25 heavy (non-hydrogen) atoms. The van der Waals surface area contributed by atoms with Gasteiger partial charge in [0.25, 0.3) is 0 Å². The van der Waals surface area contributed by atoms with E-state index in [2.05, 4.69) is 15.5 Å². The molecule has 2 heterocycles. The highest BCUT2D eigenvalue weighted by atomic mass is 32.1. The van der Waals surface area contributed by atoms with Crippen LogP contribution in [0.5, 0.6) is 0 Å². The summed E-state index contributed by atoms with van der Waals surface area (Å²) in [5.74, 6) is 0.0917. The number of likely N-dealkylation sites (N-methyl/N-ethyl adjacent to an activating group) is 1. The largest absolute Gasteiger partial charge is 0.326 e. The number of nitrogens with one attached hydrogen (secondary N) is 1. The van der Waals surface area contributed by atoms with Crippen LogP contribution in [-0.2, 0) is 9.59 Å². The van der Waals surface area contributed by atoms with Gasteiger partial charge in [-0.3, -0.25) is 14.5 Å². The van der Waals surface area contributed by atoms with Gasteiger partial charge in [0.05, 0.1) is 0 Å². The SMILES string of the molecule is CN1CC(=O)N(CCCC(=O)Nc2nnc(C3CCCCC3)s2)C1=O. The van der Waals surface area contributed by atoms with Gasteiger partial charge >= 0.3 is 6.03 Å². The second-order valence-electron chi connectivity index (χ2n) is 6.62. The summed E-state index contributed by atoms with van der Waals surface area (Å²) in [6, 6.07) is -0.299. The summed E-state index contributed by atoms with van der Waals surface area (Å²) in [4.78, 5) is 38.0. The van der Waals surface area contributed by atoms with Crippen LogP contribution in [0.25, 0.3) is 0 Å². The van der Waals surface area contributed by atoms with Crippen LogP contribution in [0.3, 0.4) is 0 Å². The van der Waals surface area contributed by atoms with Crippen molar-refractivity contribution in [3.63, 3.8) is 0 Å². The molecule has 3 rings (SSSR count). The maximum atomic E-state index is 12.0. The molecule has 0 spiro atoms. The molecule has 1 saturated carbocycles. The minimum Gasteiger partial charge on any atom is -0.318 e. The van der Waals surface area contributed by atoms with E-state index in [1.165, 1.54) is 40.4 Å². The van der Waals surface area contributed by atoms with Gasteiger partial charge in [0.15, 0.2) is 0 Å². The average molecular weight is 365 g/mol. The molecule has 0 radical (unpaired) electrons. The van der Waals surface area contributed by atoms with E-state index in [9.17, 15) is 14.4 Å². The summed E-state index contributed by atoms with van der Waals surface area (Å²) in [5.41, 5.74) is 0. The summed E-state index contributed by atoms with van der Waals surface area (Å²) in [7, 11) is 1.59. The lowest BCUT2D eigenvalue weighted by Gasteiger charge is -2.18. The highest BCUT2D eigenvalue weighted by Gasteiger charge is 2.32. The Bertz CT molecular complexity index is 656. The fourth-order valence-corrected chi connectivity index (χ4v) is 4.20. The molecular formula is C16H23N5O3S. The van der Waals surface area contributed by atoms with Gasteiger partial charge in [-0.05, 0) is 19.3 Å². The fraction of sp³-hybridized carbons (Fsp3) is 0.688. The molecule has 136 valence electrons. The van der Waals surface area contributed by atoms with Crippen molar-refractivity contribution in [3.05, 3.63) is 5.01 Å². The van der Waals surface area contributed by atoms with Crippen molar-refractivity contribution >= 4 is 34.3 Å². The van der Waals surface area contributed by atoms with E-state index >= 15 is 0 Å². The predicted octanol–water partition coefficient (Wildman–Crippen LogP) is 2.20. The number of hydrogen-bond acceptors (Lipinski definition) is 6. The molecule has 1 aliphatic carbocycles. The first-order chi connectivity index (χ1) is 12.0.